The third kappa shape index (κ3) is 2.79. The molecule has 0 amide bonds. The average Bonchev–Trinajstić information content (AvgIpc) is 2.35. The predicted octanol–water partition coefficient (Wildman–Crippen LogP) is 2.78. The molecule has 88 valence electrons. The molecule has 1 heterocycles. The number of pyridine rings is 1. The topological polar surface area (TPSA) is 48.1 Å². The molecule has 0 saturated carbocycles. The first kappa shape index (κ1) is 11.5. The summed E-state index contributed by atoms with van der Waals surface area (Å²) in [4.78, 5) is 3.84. The number of ether oxygens (including phenoxy) is 1. The molecule has 1 aromatic heterocycles. The first-order chi connectivity index (χ1) is 8.19. The van der Waals surface area contributed by atoms with Crippen LogP contribution in [0.5, 0.6) is 11.6 Å². The van der Waals surface area contributed by atoms with E-state index < -0.39 is 0 Å². The summed E-state index contributed by atoms with van der Waals surface area (Å²) in [5.41, 5.74) is 7.52. The molecule has 2 rings (SSSR count). The van der Waals surface area contributed by atoms with Crippen LogP contribution in [-0.2, 0) is 6.54 Å². The highest BCUT2D eigenvalue weighted by Gasteiger charge is 2.04. The fourth-order valence-corrected chi connectivity index (χ4v) is 1.42. The largest absolute Gasteiger partial charge is 0.439 e. The number of benzene rings is 1. The van der Waals surface area contributed by atoms with E-state index >= 15 is 0 Å². The number of nitrogens with two attached hydrogens (primary N) is 1. The lowest BCUT2D eigenvalue weighted by molar-refractivity contribution is 0.455. The summed E-state index contributed by atoms with van der Waals surface area (Å²) in [6.45, 7) is 2.38. The molecule has 0 aliphatic rings. The Kier molecular flexibility index (Phi) is 3.35. The molecule has 2 N–H and O–H groups in total. The summed E-state index contributed by atoms with van der Waals surface area (Å²) < 4.78 is 18.3. The lowest BCUT2D eigenvalue weighted by Crippen LogP contribution is -1.98. The van der Waals surface area contributed by atoms with Gasteiger partial charge in [-0.15, -0.1) is 0 Å². The molecule has 0 unspecified atom stereocenters. The molecule has 1 aromatic carbocycles. The molecule has 0 saturated heterocycles. The Morgan fingerprint density at radius 3 is 2.76 bits per heavy atom. The third-order valence-electron chi connectivity index (χ3n) is 2.40. The molecule has 0 spiro atoms. The van der Waals surface area contributed by atoms with Crippen molar-refractivity contribution in [1.82, 2.24) is 4.98 Å². The van der Waals surface area contributed by atoms with E-state index in [1.165, 1.54) is 12.1 Å². The van der Waals surface area contributed by atoms with Crippen LogP contribution in [0.4, 0.5) is 4.39 Å². The van der Waals surface area contributed by atoms with Gasteiger partial charge in [-0.05, 0) is 30.2 Å². The maximum atomic E-state index is 12.7. The number of aryl methyl sites for hydroxylation is 1. The van der Waals surface area contributed by atoms with Gasteiger partial charge in [0.15, 0.2) is 0 Å². The van der Waals surface area contributed by atoms with Crippen LogP contribution in [-0.4, -0.2) is 4.98 Å². The number of halogens is 1. The van der Waals surface area contributed by atoms with Gasteiger partial charge in [-0.2, -0.15) is 0 Å². The van der Waals surface area contributed by atoms with Crippen molar-refractivity contribution in [2.45, 2.75) is 13.5 Å². The van der Waals surface area contributed by atoms with Crippen LogP contribution in [0.25, 0.3) is 0 Å². The Morgan fingerprint density at radius 1 is 1.29 bits per heavy atom. The second-order valence-corrected chi connectivity index (χ2v) is 3.72. The zero-order chi connectivity index (χ0) is 12.3. The quantitative estimate of drug-likeness (QED) is 0.885. The predicted molar refractivity (Wildman–Crippen MR) is 63.3 cm³/mol. The fourth-order valence-electron chi connectivity index (χ4n) is 1.42. The molecule has 0 aliphatic carbocycles. The molecular weight excluding hydrogens is 219 g/mol. The number of hydrogen-bond acceptors (Lipinski definition) is 3. The van der Waals surface area contributed by atoms with E-state index in [1.807, 2.05) is 25.1 Å². The molecular formula is C13H13FN2O. The Hall–Kier alpha value is -1.94. The second kappa shape index (κ2) is 4.93. The maximum absolute atomic E-state index is 12.7. The van der Waals surface area contributed by atoms with Gasteiger partial charge in [-0.25, -0.2) is 9.37 Å². The van der Waals surface area contributed by atoms with E-state index in [2.05, 4.69) is 4.98 Å². The Labute approximate surface area is 99.1 Å². The van der Waals surface area contributed by atoms with Crippen molar-refractivity contribution in [3.05, 3.63) is 53.5 Å². The van der Waals surface area contributed by atoms with Crippen LogP contribution in [0.1, 0.15) is 11.1 Å². The van der Waals surface area contributed by atoms with Crippen LogP contribution >= 0.6 is 0 Å². The van der Waals surface area contributed by atoms with Crippen molar-refractivity contribution >= 4 is 0 Å². The van der Waals surface area contributed by atoms with Gasteiger partial charge in [-0.1, -0.05) is 12.1 Å². The normalized spacial score (nSPS) is 10.3. The zero-order valence-corrected chi connectivity index (χ0v) is 9.48. The van der Waals surface area contributed by atoms with Gasteiger partial charge in [0, 0.05) is 12.6 Å². The monoisotopic (exact) mass is 232 g/mol. The van der Waals surface area contributed by atoms with Crippen molar-refractivity contribution in [2.75, 3.05) is 0 Å². The summed E-state index contributed by atoms with van der Waals surface area (Å²) in [6, 6.07) is 8.54. The van der Waals surface area contributed by atoms with Crippen LogP contribution < -0.4 is 10.5 Å². The first-order valence-electron chi connectivity index (χ1n) is 5.28. The van der Waals surface area contributed by atoms with Gasteiger partial charge in [0.1, 0.15) is 11.6 Å². The van der Waals surface area contributed by atoms with Crippen LogP contribution in [0.3, 0.4) is 0 Å². The SMILES string of the molecule is Cc1ccc(CN)cc1Oc1ccc(F)cn1. The van der Waals surface area contributed by atoms with Crippen molar-refractivity contribution in [1.29, 1.82) is 0 Å². The van der Waals surface area contributed by atoms with Gasteiger partial charge >= 0.3 is 0 Å². The lowest BCUT2D eigenvalue weighted by atomic mass is 10.1. The molecule has 0 atom stereocenters. The van der Waals surface area contributed by atoms with E-state index in [0.29, 0.717) is 18.2 Å². The van der Waals surface area contributed by atoms with E-state index in [4.69, 9.17) is 10.5 Å². The van der Waals surface area contributed by atoms with Gasteiger partial charge in [0.25, 0.3) is 0 Å². The lowest BCUT2D eigenvalue weighted by Gasteiger charge is -2.09. The fraction of sp³-hybridized carbons (Fsp3) is 0.154. The van der Waals surface area contributed by atoms with Gasteiger partial charge in [0.2, 0.25) is 5.88 Å². The molecule has 3 nitrogen and oxygen atoms in total. The smallest absolute Gasteiger partial charge is 0.219 e. The number of nitrogens with zero attached hydrogens (tertiary/aromatic N) is 1. The molecule has 0 bridgehead atoms. The average molecular weight is 232 g/mol. The molecule has 2 aromatic rings. The van der Waals surface area contributed by atoms with Crippen molar-refractivity contribution in [3.8, 4) is 11.6 Å². The van der Waals surface area contributed by atoms with Crippen LogP contribution in [0.15, 0.2) is 36.5 Å². The summed E-state index contributed by atoms with van der Waals surface area (Å²) in [6.07, 6.45) is 1.12. The number of hydrogen-bond donors (Lipinski definition) is 1. The van der Waals surface area contributed by atoms with Crippen molar-refractivity contribution in [3.63, 3.8) is 0 Å². The second-order valence-electron chi connectivity index (χ2n) is 3.72. The Morgan fingerprint density at radius 2 is 2.12 bits per heavy atom. The summed E-state index contributed by atoms with van der Waals surface area (Å²) in [5.74, 6) is 0.667. The summed E-state index contributed by atoms with van der Waals surface area (Å²) in [5, 5.41) is 0. The maximum Gasteiger partial charge on any atom is 0.219 e. The molecule has 0 fully saturated rings. The van der Waals surface area contributed by atoms with Gasteiger partial charge < -0.3 is 10.5 Å². The van der Waals surface area contributed by atoms with E-state index in [1.54, 1.807) is 0 Å². The van der Waals surface area contributed by atoms with Gasteiger partial charge in [-0.3, -0.25) is 0 Å². The molecule has 4 heteroatoms. The molecule has 0 aliphatic heterocycles. The van der Waals surface area contributed by atoms with Crippen LogP contribution in [0.2, 0.25) is 0 Å². The van der Waals surface area contributed by atoms with Crippen LogP contribution in [0, 0.1) is 12.7 Å². The minimum absolute atomic E-state index is 0.365. The van der Waals surface area contributed by atoms with E-state index in [-0.39, 0.29) is 5.82 Å². The minimum Gasteiger partial charge on any atom is -0.439 e. The molecule has 0 radical (unpaired) electrons. The van der Waals surface area contributed by atoms with Gasteiger partial charge in [0.05, 0.1) is 6.20 Å². The first-order valence-corrected chi connectivity index (χ1v) is 5.28. The van der Waals surface area contributed by atoms with Crippen molar-refractivity contribution < 1.29 is 9.13 Å². The highest BCUT2D eigenvalue weighted by Crippen LogP contribution is 2.24. The zero-order valence-electron chi connectivity index (χ0n) is 9.48. The van der Waals surface area contributed by atoms with E-state index in [0.717, 1.165) is 17.3 Å². The van der Waals surface area contributed by atoms with E-state index in [9.17, 15) is 4.39 Å². The van der Waals surface area contributed by atoms with Crippen molar-refractivity contribution in [2.24, 2.45) is 5.73 Å². The minimum atomic E-state index is -0.384. The number of aromatic nitrogens is 1. The Balaban J connectivity index is 2.25. The Bertz CT molecular complexity index is 511. The highest BCUT2D eigenvalue weighted by molar-refractivity contribution is 5.38. The molecule has 17 heavy (non-hydrogen) atoms. The third-order valence-corrected chi connectivity index (χ3v) is 2.40. The highest BCUT2D eigenvalue weighted by atomic mass is 19.1. The summed E-state index contributed by atoms with van der Waals surface area (Å²) >= 11 is 0. The number of rotatable bonds is 3. The standard InChI is InChI=1S/C13H13FN2O/c1-9-2-3-10(7-15)6-12(9)17-13-5-4-11(14)8-16-13/h2-6,8H,7,15H2,1H3. The summed E-state index contributed by atoms with van der Waals surface area (Å²) in [7, 11) is 0.